The highest BCUT2D eigenvalue weighted by molar-refractivity contribution is 6.04. The second-order valence-corrected chi connectivity index (χ2v) is 4.52. The Balaban J connectivity index is 2.54. The molecule has 0 amide bonds. The fourth-order valence-corrected chi connectivity index (χ4v) is 1.87. The largest absolute Gasteiger partial charge is 0.487 e. The summed E-state index contributed by atoms with van der Waals surface area (Å²) in [6.45, 7) is 3.73. The predicted molar refractivity (Wildman–Crippen MR) is 60.7 cm³/mol. The van der Waals surface area contributed by atoms with Crippen molar-refractivity contribution in [1.29, 1.82) is 0 Å². The minimum Gasteiger partial charge on any atom is -0.487 e. The van der Waals surface area contributed by atoms with Gasteiger partial charge in [-0.3, -0.25) is 10.1 Å². The van der Waals surface area contributed by atoms with Gasteiger partial charge in [-0.1, -0.05) is 5.16 Å². The van der Waals surface area contributed by atoms with E-state index in [1.54, 1.807) is 0 Å². The molecule has 1 aliphatic heterocycles. The Morgan fingerprint density at radius 2 is 2.24 bits per heavy atom. The molecule has 1 aromatic rings. The second-order valence-electron chi connectivity index (χ2n) is 4.52. The highest BCUT2D eigenvalue weighted by atomic mass is 16.6. The third kappa shape index (κ3) is 2.06. The van der Waals surface area contributed by atoms with Crippen LogP contribution in [-0.4, -0.2) is 21.4 Å². The van der Waals surface area contributed by atoms with Crippen LogP contribution in [0, 0.1) is 10.1 Å². The minimum absolute atomic E-state index is 0.0480. The predicted octanol–water partition coefficient (Wildman–Crippen LogP) is 2.33. The van der Waals surface area contributed by atoms with E-state index in [4.69, 9.17) is 9.94 Å². The summed E-state index contributed by atoms with van der Waals surface area (Å²) in [7, 11) is 0. The van der Waals surface area contributed by atoms with E-state index in [9.17, 15) is 10.1 Å². The summed E-state index contributed by atoms with van der Waals surface area (Å²) in [6.07, 6.45) is 0.400. The third-order valence-corrected chi connectivity index (χ3v) is 2.58. The molecule has 0 aliphatic carbocycles. The van der Waals surface area contributed by atoms with Gasteiger partial charge < -0.3 is 9.94 Å². The first kappa shape index (κ1) is 11.4. The number of hydrogen-bond donors (Lipinski definition) is 1. The zero-order valence-electron chi connectivity index (χ0n) is 9.51. The number of nitro groups is 1. The van der Waals surface area contributed by atoms with Gasteiger partial charge in [0.1, 0.15) is 11.4 Å². The summed E-state index contributed by atoms with van der Waals surface area (Å²) in [4.78, 5) is 10.2. The van der Waals surface area contributed by atoms with E-state index < -0.39 is 10.5 Å². The quantitative estimate of drug-likeness (QED) is 0.460. The van der Waals surface area contributed by atoms with Gasteiger partial charge in [0.25, 0.3) is 5.69 Å². The molecule has 0 atom stereocenters. The molecule has 0 spiro atoms. The van der Waals surface area contributed by atoms with Crippen molar-refractivity contribution >= 4 is 11.4 Å². The normalized spacial score (nSPS) is 19.5. The van der Waals surface area contributed by atoms with Crippen molar-refractivity contribution in [3.63, 3.8) is 0 Å². The maximum absolute atomic E-state index is 10.7. The number of nitrogens with zero attached hydrogens (tertiary/aromatic N) is 2. The molecule has 0 aromatic heterocycles. The maximum Gasteiger partial charge on any atom is 0.270 e. The topological polar surface area (TPSA) is 85.0 Å². The van der Waals surface area contributed by atoms with Crippen molar-refractivity contribution in [3.05, 3.63) is 33.9 Å². The number of benzene rings is 1. The highest BCUT2D eigenvalue weighted by Crippen LogP contribution is 2.35. The molecule has 0 unspecified atom stereocenters. The van der Waals surface area contributed by atoms with Crippen LogP contribution in [0.4, 0.5) is 5.69 Å². The Hall–Kier alpha value is -2.11. The van der Waals surface area contributed by atoms with E-state index >= 15 is 0 Å². The first-order chi connectivity index (χ1) is 7.93. The van der Waals surface area contributed by atoms with Crippen LogP contribution in [-0.2, 0) is 0 Å². The van der Waals surface area contributed by atoms with Gasteiger partial charge in [0.15, 0.2) is 0 Å². The van der Waals surface area contributed by atoms with E-state index in [2.05, 4.69) is 5.16 Å². The van der Waals surface area contributed by atoms with Gasteiger partial charge in [-0.15, -0.1) is 0 Å². The highest BCUT2D eigenvalue weighted by Gasteiger charge is 2.32. The van der Waals surface area contributed by atoms with E-state index in [1.165, 1.54) is 18.2 Å². The fourth-order valence-electron chi connectivity index (χ4n) is 1.87. The van der Waals surface area contributed by atoms with Gasteiger partial charge in [0.05, 0.1) is 10.6 Å². The standard InChI is InChI=1S/C11H12N2O4/c1-11(2)6-9(12-14)8-5-7(13(15)16)3-4-10(8)17-11/h3-5,14H,6H2,1-2H3. The lowest BCUT2D eigenvalue weighted by Gasteiger charge is -2.32. The molecule has 0 saturated heterocycles. The van der Waals surface area contributed by atoms with Crippen LogP contribution in [0.5, 0.6) is 5.75 Å². The van der Waals surface area contributed by atoms with Crippen molar-refractivity contribution in [2.75, 3.05) is 0 Å². The maximum atomic E-state index is 10.7. The summed E-state index contributed by atoms with van der Waals surface area (Å²) in [6, 6.07) is 4.26. The Kier molecular flexibility index (Phi) is 2.49. The lowest BCUT2D eigenvalue weighted by Crippen LogP contribution is -2.36. The third-order valence-electron chi connectivity index (χ3n) is 2.58. The molecule has 90 valence electrons. The molecule has 1 heterocycles. The summed E-state index contributed by atoms with van der Waals surface area (Å²) >= 11 is 0. The average molecular weight is 236 g/mol. The van der Waals surface area contributed by atoms with Crippen LogP contribution in [0.1, 0.15) is 25.8 Å². The minimum atomic E-state index is -0.491. The number of oxime groups is 1. The van der Waals surface area contributed by atoms with Gasteiger partial charge in [-0.2, -0.15) is 0 Å². The van der Waals surface area contributed by atoms with Gasteiger partial charge in [0, 0.05) is 24.1 Å². The van der Waals surface area contributed by atoms with Crippen molar-refractivity contribution in [2.45, 2.75) is 25.9 Å². The number of ether oxygens (including phenoxy) is 1. The van der Waals surface area contributed by atoms with Crippen LogP contribution in [0.25, 0.3) is 0 Å². The zero-order valence-corrected chi connectivity index (χ0v) is 9.51. The average Bonchev–Trinajstić information content (AvgIpc) is 2.26. The number of rotatable bonds is 1. The first-order valence-electron chi connectivity index (χ1n) is 5.12. The Morgan fingerprint density at radius 3 is 2.82 bits per heavy atom. The van der Waals surface area contributed by atoms with Gasteiger partial charge in [-0.25, -0.2) is 0 Å². The molecular formula is C11H12N2O4. The SMILES string of the molecule is CC1(C)CC(=NO)c2cc([N+](=O)[O-])ccc2O1. The van der Waals surface area contributed by atoms with Gasteiger partial charge in [0.2, 0.25) is 0 Å². The molecule has 0 radical (unpaired) electrons. The molecule has 2 rings (SSSR count). The van der Waals surface area contributed by atoms with Crippen LogP contribution in [0.15, 0.2) is 23.4 Å². The fraction of sp³-hybridized carbons (Fsp3) is 0.364. The molecule has 6 heteroatoms. The Labute approximate surface area is 97.7 Å². The van der Waals surface area contributed by atoms with Crippen LogP contribution < -0.4 is 4.74 Å². The van der Waals surface area contributed by atoms with E-state index in [0.717, 1.165) is 0 Å². The summed E-state index contributed by atoms with van der Waals surface area (Å²) in [5.74, 6) is 0.500. The van der Waals surface area contributed by atoms with E-state index in [0.29, 0.717) is 23.4 Å². The summed E-state index contributed by atoms with van der Waals surface area (Å²) < 4.78 is 5.67. The molecule has 6 nitrogen and oxygen atoms in total. The Morgan fingerprint density at radius 1 is 1.53 bits per heavy atom. The lowest BCUT2D eigenvalue weighted by molar-refractivity contribution is -0.384. The Bertz CT molecular complexity index is 508. The number of hydrogen-bond acceptors (Lipinski definition) is 5. The summed E-state index contributed by atoms with van der Waals surface area (Å²) in [5, 5.41) is 22.8. The van der Waals surface area contributed by atoms with Gasteiger partial charge >= 0.3 is 0 Å². The smallest absolute Gasteiger partial charge is 0.270 e. The van der Waals surface area contributed by atoms with E-state index in [-0.39, 0.29) is 5.69 Å². The molecule has 1 aliphatic rings. The molecule has 0 bridgehead atoms. The van der Waals surface area contributed by atoms with Crippen molar-refractivity contribution in [2.24, 2.45) is 5.16 Å². The van der Waals surface area contributed by atoms with Crippen molar-refractivity contribution in [3.8, 4) is 5.75 Å². The number of fused-ring (bicyclic) bond motifs is 1. The van der Waals surface area contributed by atoms with Gasteiger partial charge in [-0.05, 0) is 19.9 Å². The molecule has 1 N–H and O–H groups in total. The number of non-ortho nitro benzene ring substituents is 1. The molecule has 0 fully saturated rings. The molecule has 17 heavy (non-hydrogen) atoms. The van der Waals surface area contributed by atoms with Crippen molar-refractivity contribution < 1.29 is 14.9 Å². The second kappa shape index (κ2) is 3.73. The lowest BCUT2D eigenvalue weighted by atomic mass is 9.92. The first-order valence-corrected chi connectivity index (χ1v) is 5.12. The van der Waals surface area contributed by atoms with Crippen molar-refractivity contribution in [1.82, 2.24) is 0 Å². The van der Waals surface area contributed by atoms with E-state index in [1.807, 2.05) is 13.8 Å². The molecule has 1 aromatic carbocycles. The van der Waals surface area contributed by atoms with Crippen LogP contribution in [0.2, 0.25) is 0 Å². The molecule has 0 saturated carbocycles. The van der Waals surface area contributed by atoms with Crippen LogP contribution >= 0.6 is 0 Å². The number of nitro benzene ring substituents is 1. The zero-order chi connectivity index (χ0) is 12.6. The van der Waals surface area contributed by atoms with Crippen LogP contribution in [0.3, 0.4) is 0 Å². The molecular weight excluding hydrogens is 224 g/mol. The summed E-state index contributed by atoms with van der Waals surface area (Å²) in [5.41, 5.74) is 0.346. The monoisotopic (exact) mass is 236 g/mol.